The SMILES string of the molecule is CN(C)c1ccccc1P(Cl)c1ccccc1. The molecule has 0 amide bonds. The van der Waals surface area contributed by atoms with Gasteiger partial charge in [0, 0.05) is 25.1 Å². The molecule has 0 aliphatic rings. The highest BCUT2D eigenvalue weighted by atomic mass is 35.7. The Morgan fingerprint density at radius 2 is 1.47 bits per heavy atom. The summed E-state index contributed by atoms with van der Waals surface area (Å²) in [6, 6.07) is 18.6. The van der Waals surface area contributed by atoms with Gasteiger partial charge in [0.2, 0.25) is 0 Å². The first-order valence-corrected chi connectivity index (χ1v) is 7.72. The molecule has 0 radical (unpaired) electrons. The average molecular weight is 264 g/mol. The van der Waals surface area contributed by atoms with E-state index >= 15 is 0 Å². The normalized spacial score (nSPS) is 12.2. The first kappa shape index (κ1) is 12.4. The molecule has 1 atom stereocenters. The Labute approximate surface area is 109 Å². The van der Waals surface area contributed by atoms with Gasteiger partial charge in [0.05, 0.1) is 7.27 Å². The second-order valence-electron chi connectivity index (χ2n) is 4.00. The fraction of sp³-hybridized carbons (Fsp3) is 0.143. The molecule has 0 saturated heterocycles. The minimum atomic E-state index is -0.793. The molecule has 2 rings (SSSR count). The second kappa shape index (κ2) is 5.53. The molecule has 17 heavy (non-hydrogen) atoms. The first-order valence-electron chi connectivity index (χ1n) is 5.47. The highest BCUT2D eigenvalue weighted by Gasteiger charge is 2.14. The van der Waals surface area contributed by atoms with E-state index in [1.165, 1.54) is 16.3 Å². The maximum absolute atomic E-state index is 6.62. The van der Waals surface area contributed by atoms with Gasteiger partial charge in [-0.3, -0.25) is 0 Å². The van der Waals surface area contributed by atoms with E-state index in [1.54, 1.807) is 0 Å². The predicted molar refractivity (Wildman–Crippen MR) is 79.3 cm³/mol. The summed E-state index contributed by atoms with van der Waals surface area (Å²) in [6.45, 7) is 0. The molecule has 1 unspecified atom stereocenters. The van der Waals surface area contributed by atoms with E-state index in [0.717, 1.165) is 0 Å². The zero-order valence-corrected chi connectivity index (χ0v) is 11.6. The van der Waals surface area contributed by atoms with Crippen LogP contribution < -0.4 is 15.5 Å². The number of hydrogen-bond donors (Lipinski definition) is 0. The number of benzene rings is 2. The zero-order chi connectivity index (χ0) is 12.3. The van der Waals surface area contributed by atoms with Crippen molar-refractivity contribution in [3.05, 3.63) is 54.6 Å². The van der Waals surface area contributed by atoms with E-state index in [9.17, 15) is 0 Å². The largest absolute Gasteiger partial charge is 0.377 e. The van der Waals surface area contributed by atoms with Gasteiger partial charge in [0.25, 0.3) is 0 Å². The zero-order valence-electron chi connectivity index (χ0n) is 9.97. The lowest BCUT2D eigenvalue weighted by Crippen LogP contribution is -2.19. The van der Waals surface area contributed by atoms with Gasteiger partial charge in [-0.1, -0.05) is 59.8 Å². The maximum Gasteiger partial charge on any atom is 0.0545 e. The van der Waals surface area contributed by atoms with Crippen molar-refractivity contribution in [3.8, 4) is 0 Å². The summed E-state index contributed by atoms with van der Waals surface area (Å²) in [5, 5.41) is 2.40. The van der Waals surface area contributed by atoms with Crippen molar-refractivity contribution in [2.75, 3.05) is 19.0 Å². The molecule has 88 valence electrons. The summed E-state index contributed by atoms with van der Waals surface area (Å²) in [7, 11) is 3.30. The van der Waals surface area contributed by atoms with Crippen LogP contribution in [-0.2, 0) is 0 Å². The molecule has 0 saturated carbocycles. The molecule has 0 bridgehead atoms. The van der Waals surface area contributed by atoms with Gasteiger partial charge in [-0.05, 0) is 11.4 Å². The van der Waals surface area contributed by atoms with E-state index in [4.69, 9.17) is 11.2 Å². The highest BCUT2D eigenvalue weighted by Crippen LogP contribution is 2.41. The summed E-state index contributed by atoms with van der Waals surface area (Å²) in [4.78, 5) is 2.11. The van der Waals surface area contributed by atoms with E-state index in [0.29, 0.717) is 0 Å². The van der Waals surface area contributed by atoms with Crippen LogP contribution in [0.3, 0.4) is 0 Å². The highest BCUT2D eigenvalue weighted by molar-refractivity contribution is 7.95. The van der Waals surface area contributed by atoms with Crippen molar-refractivity contribution in [2.45, 2.75) is 0 Å². The molecule has 1 nitrogen and oxygen atoms in total. The molecular formula is C14H15ClNP. The fourth-order valence-electron chi connectivity index (χ4n) is 1.71. The van der Waals surface area contributed by atoms with Gasteiger partial charge in [-0.15, -0.1) is 0 Å². The van der Waals surface area contributed by atoms with E-state index in [2.05, 4.69) is 29.2 Å². The van der Waals surface area contributed by atoms with Gasteiger partial charge >= 0.3 is 0 Å². The van der Waals surface area contributed by atoms with Crippen LogP contribution in [0, 0.1) is 0 Å². The maximum atomic E-state index is 6.62. The third kappa shape index (κ3) is 2.80. The van der Waals surface area contributed by atoms with Crippen molar-refractivity contribution in [1.82, 2.24) is 0 Å². The van der Waals surface area contributed by atoms with Crippen molar-refractivity contribution >= 4 is 34.8 Å². The monoisotopic (exact) mass is 263 g/mol. The molecule has 0 heterocycles. The third-order valence-corrected chi connectivity index (χ3v) is 5.24. The molecule has 0 aliphatic carbocycles. The Morgan fingerprint density at radius 1 is 0.882 bits per heavy atom. The molecule has 0 aliphatic heterocycles. The van der Waals surface area contributed by atoms with Crippen LogP contribution in [0.1, 0.15) is 0 Å². The first-order chi connectivity index (χ1) is 8.20. The molecule has 0 aromatic heterocycles. The van der Waals surface area contributed by atoms with Crippen LogP contribution in [0.2, 0.25) is 0 Å². The number of anilines is 1. The summed E-state index contributed by atoms with van der Waals surface area (Å²) < 4.78 is 0. The standard InChI is InChI=1S/C14H15ClNP/c1-16(2)13-10-6-7-11-14(13)17(15)12-8-4-3-5-9-12/h3-11H,1-2H3. The van der Waals surface area contributed by atoms with Gasteiger partial charge < -0.3 is 4.90 Å². The summed E-state index contributed by atoms with van der Waals surface area (Å²) in [5.74, 6) is 0. The molecule has 2 aromatic carbocycles. The lowest BCUT2D eigenvalue weighted by Gasteiger charge is -2.20. The van der Waals surface area contributed by atoms with Crippen LogP contribution >= 0.6 is 18.5 Å². The second-order valence-corrected chi connectivity index (χ2v) is 6.57. The van der Waals surface area contributed by atoms with Crippen molar-refractivity contribution in [2.24, 2.45) is 0 Å². The molecule has 3 heteroatoms. The topological polar surface area (TPSA) is 3.24 Å². The van der Waals surface area contributed by atoms with Crippen molar-refractivity contribution < 1.29 is 0 Å². The Kier molecular flexibility index (Phi) is 4.04. The van der Waals surface area contributed by atoms with Crippen LogP contribution in [0.25, 0.3) is 0 Å². The minimum absolute atomic E-state index is 0.793. The van der Waals surface area contributed by atoms with Crippen molar-refractivity contribution in [1.29, 1.82) is 0 Å². The van der Waals surface area contributed by atoms with Gasteiger partial charge in [-0.25, -0.2) is 0 Å². The minimum Gasteiger partial charge on any atom is -0.377 e. The summed E-state index contributed by atoms with van der Waals surface area (Å²) >= 11 is 6.62. The van der Waals surface area contributed by atoms with E-state index in [-0.39, 0.29) is 0 Å². The quantitative estimate of drug-likeness (QED) is 0.768. The summed E-state index contributed by atoms with van der Waals surface area (Å²) in [5.41, 5.74) is 1.19. The number of halogens is 1. The smallest absolute Gasteiger partial charge is 0.0545 e. The van der Waals surface area contributed by atoms with E-state index < -0.39 is 7.27 Å². The Morgan fingerprint density at radius 3 is 2.12 bits per heavy atom. The molecular weight excluding hydrogens is 249 g/mol. The van der Waals surface area contributed by atoms with Crippen LogP contribution in [-0.4, -0.2) is 14.1 Å². The van der Waals surface area contributed by atoms with Gasteiger partial charge in [-0.2, -0.15) is 0 Å². The number of rotatable bonds is 3. The average Bonchev–Trinajstić information content (AvgIpc) is 2.39. The van der Waals surface area contributed by atoms with Crippen LogP contribution in [0.15, 0.2) is 54.6 Å². The van der Waals surface area contributed by atoms with Gasteiger partial charge in [0.15, 0.2) is 0 Å². The molecule has 0 fully saturated rings. The predicted octanol–water partition coefficient (Wildman–Crippen LogP) is 3.34. The fourth-order valence-corrected chi connectivity index (χ4v) is 3.88. The number of nitrogens with zero attached hydrogens (tertiary/aromatic N) is 1. The van der Waals surface area contributed by atoms with Crippen LogP contribution in [0.4, 0.5) is 5.69 Å². The van der Waals surface area contributed by atoms with E-state index in [1.807, 2.05) is 44.4 Å². The number of para-hydroxylation sites is 1. The third-order valence-electron chi connectivity index (χ3n) is 2.56. The van der Waals surface area contributed by atoms with Crippen LogP contribution in [0.5, 0.6) is 0 Å². The molecule has 0 N–H and O–H groups in total. The van der Waals surface area contributed by atoms with Crippen molar-refractivity contribution in [3.63, 3.8) is 0 Å². The molecule has 0 spiro atoms. The lowest BCUT2D eigenvalue weighted by molar-refractivity contribution is 1.14. The Hall–Kier alpha value is -1.04. The molecule has 2 aromatic rings. The summed E-state index contributed by atoms with van der Waals surface area (Å²) in [6.07, 6.45) is 0. The Balaban J connectivity index is 2.41. The Bertz CT molecular complexity index is 485. The lowest BCUT2D eigenvalue weighted by atomic mass is 10.3. The number of hydrogen-bond acceptors (Lipinski definition) is 1. The van der Waals surface area contributed by atoms with Gasteiger partial charge in [0.1, 0.15) is 0 Å².